The van der Waals surface area contributed by atoms with E-state index in [9.17, 15) is 4.79 Å². The number of benzene rings is 1. The van der Waals surface area contributed by atoms with Crippen LogP contribution in [0.2, 0.25) is 0 Å². The van der Waals surface area contributed by atoms with Crippen LogP contribution in [0.25, 0.3) is 0 Å². The smallest absolute Gasteiger partial charge is 0.248 e. The highest BCUT2D eigenvalue weighted by Crippen LogP contribution is 2.30. The molecule has 2 atom stereocenters. The Bertz CT molecular complexity index is 403. The summed E-state index contributed by atoms with van der Waals surface area (Å²) in [4.78, 5) is 11.0. The molecule has 18 heavy (non-hydrogen) atoms. The van der Waals surface area contributed by atoms with Crippen LogP contribution >= 0.6 is 0 Å². The number of anilines is 1. The molecule has 0 aromatic heterocycles. The van der Waals surface area contributed by atoms with Gasteiger partial charge in [0.2, 0.25) is 5.91 Å². The molecule has 1 amide bonds. The molecule has 3 nitrogen and oxygen atoms in total. The molecule has 0 aliphatic heterocycles. The first kappa shape index (κ1) is 12.9. The van der Waals surface area contributed by atoms with Gasteiger partial charge in [0.15, 0.2) is 0 Å². The number of rotatable bonds is 3. The molecule has 3 N–H and O–H groups in total. The monoisotopic (exact) mass is 246 g/mol. The number of hydrogen-bond acceptors (Lipinski definition) is 2. The summed E-state index contributed by atoms with van der Waals surface area (Å²) in [6.45, 7) is 4.64. The molecule has 1 aliphatic carbocycles. The van der Waals surface area contributed by atoms with Gasteiger partial charge in [0.25, 0.3) is 0 Å². The van der Waals surface area contributed by atoms with Gasteiger partial charge < -0.3 is 11.1 Å². The minimum absolute atomic E-state index is 0.374. The highest BCUT2D eigenvalue weighted by molar-refractivity contribution is 5.93. The standard InChI is InChI=1S/C15H22N2O/c1-10-7-11(2)9-14(8-10)17-13-5-3-12(4-6-13)15(16)18/h3-6,10-11,14,17H,7-9H2,1-2H3,(H2,16,18). The van der Waals surface area contributed by atoms with Crippen molar-refractivity contribution >= 4 is 11.6 Å². The van der Waals surface area contributed by atoms with E-state index in [-0.39, 0.29) is 5.91 Å². The molecule has 0 spiro atoms. The van der Waals surface area contributed by atoms with Crippen molar-refractivity contribution in [1.29, 1.82) is 0 Å². The Balaban J connectivity index is 1.98. The first-order valence-electron chi connectivity index (χ1n) is 6.71. The molecule has 1 aromatic carbocycles. The van der Waals surface area contributed by atoms with Gasteiger partial charge >= 0.3 is 0 Å². The zero-order chi connectivity index (χ0) is 13.1. The van der Waals surface area contributed by atoms with Crippen LogP contribution in [0.5, 0.6) is 0 Å². The highest BCUT2D eigenvalue weighted by Gasteiger charge is 2.23. The van der Waals surface area contributed by atoms with Crippen molar-refractivity contribution in [1.82, 2.24) is 0 Å². The number of carbonyl (C=O) groups excluding carboxylic acids is 1. The van der Waals surface area contributed by atoms with E-state index < -0.39 is 0 Å². The second-order valence-electron chi connectivity index (χ2n) is 5.70. The van der Waals surface area contributed by atoms with Gasteiger partial charge in [0, 0.05) is 17.3 Å². The van der Waals surface area contributed by atoms with Crippen LogP contribution in [0, 0.1) is 11.8 Å². The molecule has 0 bridgehead atoms. The minimum atomic E-state index is -0.374. The molecule has 1 aromatic rings. The van der Waals surface area contributed by atoms with E-state index in [1.54, 1.807) is 12.1 Å². The summed E-state index contributed by atoms with van der Waals surface area (Å²) in [6, 6.07) is 7.97. The number of primary amides is 1. The number of carbonyl (C=O) groups is 1. The molecule has 2 unspecified atom stereocenters. The summed E-state index contributed by atoms with van der Waals surface area (Å²) < 4.78 is 0. The molecular weight excluding hydrogens is 224 g/mol. The Morgan fingerprint density at radius 1 is 1.11 bits per heavy atom. The van der Waals surface area contributed by atoms with Crippen LogP contribution < -0.4 is 11.1 Å². The molecule has 3 heteroatoms. The summed E-state index contributed by atoms with van der Waals surface area (Å²) in [7, 11) is 0. The quantitative estimate of drug-likeness (QED) is 0.861. The van der Waals surface area contributed by atoms with E-state index in [1.165, 1.54) is 19.3 Å². The van der Waals surface area contributed by atoms with Gasteiger partial charge in [-0.1, -0.05) is 13.8 Å². The fraction of sp³-hybridized carbons (Fsp3) is 0.533. The van der Waals surface area contributed by atoms with Crippen LogP contribution in [0.4, 0.5) is 5.69 Å². The van der Waals surface area contributed by atoms with Gasteiger partial charge in [-0.3, -0.25) is 4.79 Å². The average molecular weight is 246 g/mol. The van der Waals surface area contributed by atoms with E-state index in [2.05, 4.69) is 19.2 Å². The van der Waals surface area contributed by atoms with E-state index in [1.807, 2.05) is 12.1 Å². The van der Waals surface area contributed by atoms with E-state index in [0.717, 1.165) is 17.5 Å². The molecule has 2 rings (SSSR count). The van der Waals surface area contributed by atoms with Crippen molar-refractivity contribution in [2.24, 2.45) is 17.6 Å². The Morgan fingerprint density at radius 3 is 2.17 bits per heavy atom. The molecular formula is C15H22N2O. The first-order chi connectivity index (χ1) is 8.54. The Morgan fingerprint density at radius 2 is 1.67 bits per heavy atom. The van der Waals surface area contributed by atoms with Gasteiger partial charge in [-0.2, -0.15) is 0 Å². The van der Waals surface area contributed by atoms with Gasteiger partial charge in [-0.25, -0.2) is 0 Å². The van der Waals surface area contributed by atoms with Crippen LogP contribution in [-0.4, -0.2) is 11.9 Å². The van der Waals surface area contributed by atoms with Crippen molar-refractivity contribution in [3.8, 4) is 0 Å². The van der Waals surface area contributed by atoms with Crippen molar-refractivity contribution in [3.05, 3.63) is 29.8 Å². The molecule has 1 aliphatic rings. The van der Waals surface area contributed by atoms with Crippen molar-refractivity contribution in [2.45, 2.75) is 39.2 Å². The molecule has 0 radical (unpaired) electrons. The SMILES string of the molecule is CC1CC(C)CC(Nc2ccc(C(N)=O)cc2)C1. The number of nitrogens with one attached hydrogen (secondary N) is 1. The summed E-state index contributed by atoms with van der Waals surface area (Å²) in [5.41, 5.74) is 6.86. The van der Waals surface area contributed by atoms with Gasteiger partial charge in [0.1, 0.15) is 0 Å². The largest absolute Gasteiger partial charge is 0.382 e. The minimum Gasteiger partial charge on any atom is -0.382 e. The predicted octanol–water partition coefficient (Wildman–Crippen LogP) is 3.02. The zero-order valence-corrected chi connectivity index (χ0v) is 11.1. The van der Waals surface area contributed by atoms with Crippen molar-refractivity contribution in [3.63, 3.8) is 0 Å². The first-order valence-corrected chi connectivity index (χ1v) is 6.71. The Hall–Kier alpha value is -1.51. The number of hydrogen-bond donors (Lipinski definition) is 2. The third-order valence-corrected chi connectivity index (χ3v) is 3.72. The lowest BCUT2D eigenvalue weighted by molar-refractivity contribution is 0.100. The van der Waals surface area contributed by atoms with E-state index >= 15 is 0 Å². The van der Waals surface area contributed by atoms with Crippen molar-refractivity contribution < 1.29 is 4.79 Å². The van der Waals surface area contributed by atoms with E-state index in [0.29, 0.717) is 11.6 Å². The highest BCUT2D eigenvalue weighted by atomic mass is 16.1. The lowest BCUT2D eigenvalue weighted by atomic mass is 9.80. The number of amides is 1. The fourth-order valence-electron chi connectivity index (χ4n) is 3.03. The second-order valence-corrected chi connectivity index (χ2v) is 5.70. The van der Waals surface area contributed by atoms with Gasteiger partial charge in [0.05, 0.1) is 0 Å². The van der Waals surface area contributed by atoms with Crippen molar-refractivity contribution in [2.75, 3.05) is 5.32 Å². The molecule has 98 valence electrons. The number of nitrogens with two attached hydrogens (primary N) is 1. The summed E-state index contributed by atoms with van der Waals surface area (Å²) in [5, 5.41) is 3.56. The van der Waals surface area contributed by atoms with E-state index in [4.69, 9.17) is 5.73 Å². The predicted molar refractivity (Wildman–Crippen MR) is 74.5 cm³/mol. The lowest BCUT2D eigenvalue weighted by Gasteiger charge is -2.32. The van der Waals surface area contributed by atoms with Gasteiger partial charge in [-0.05, 0) is 55.4 Å². The molecule has 1 fully saturated rings. The van der Waals surface area contributed by atoms with Gasteiger partial charge in [-0.15, -0.1) is 0 Å². The van der Waals surface area contributed by atoms with Crippen LogP contribution in [0.3, 0.4) is 0 Å². The third-order valence-electron chi connectivity index (χ3n) is 3.72. The molecule has 0 heterocycles. The lowest BCUT2D eigenvalue weighted by Crippen LogP contribution is -2.30. The summed E-state index contributed by atoms with van der Waals surface area (Å²) in [6.07, 6.45) is 3.78. The fourth-order valence-corrected chi connectivity index (χ4v) is 3.03. The summed E-state index contributed by atoms with van der Waals surface area (Å²) in [5.74, 6) is 1.20. The Kier molecular flexibility index (Phi) is 3.90. The molecule has 1 saturated carbocycles. The van der Waals surface area contributed by atoms with Crippen LogP contribution in [0.15, 0.2) is 24.3 Å². The summed E-state index contributed by atoms with van der Waals surface area (Å²) >= 11 is 0. The maximum atomic E-state index is 11.0. The van der Waals surface area contributed by atoms with Crippen LogP contribution in [-0.2, 0) is 0 Å². The van der Waals surface area contributed by atoms with Crippen LogP contribution in [0.1, 0.15) is 43.5 Å². The third kappa shape index (κ3) is 3.25. The Labute approximate surface area is 109 Å². The maximum absolute atomic E-state index is 11.0. The molecule has 0 saturated heterocycles. The topological polar surface area (TPSA) is 55.1 Å². The second kappa shape index (κ2) is 5.42. The zero-order valence-electron chi connectivity index (χ0n) is 11.1. The average Bonchev–Trinajstić information content (AvgIpc) is 2.28. The maximum Gasteiger partial charge on any atom is 0.248 e. The normalized spacial score (nSPS) is 27.8.